The molecule has 0 aliphatic carbocycles. The molecule has 0 aromatic carbocycles. The molecule has 0 saturated heterocycles. The number of halogens is 1. The van der Waals surface area contributed by atoms with Gasteiger partial charge in [-0.25, -0.2) is 9.78 Å². The van der Waals surface area contributed by atoms with Crippen LogP contribution in [0.3, 0.4) is 0 Å². The molecule has 3 heterocycles. The molecule has 0 radical (unpaired) electrons. The van der Waals surface area contributed by atoms with Crippen molar-refractivity contribution in [1.82, 2.24) is 19.9 Å². The summed E-state index contributed by atoms with van der Waals surface area (Å²) in [6.45, 7) is 0. The molecule has 86 valence electrons. The molecule has 0 aliphatic rings. The monoisotopic (exact) mass is 312 g/mol. The van der Waals surface area contributed by atoms with Crippen molar-refractivity contribution in [2.75, 3.05) is 0 Å². The van der Waals surface area contributed by atoms with Crippen LogP contribution in [0.1, 0.15) is 0 Å². The van der Waals surface area contributed by atoms with E-state index in [2.05, 4.69) is 35.9 Å². The molecule has 0 spiro atoms. The lowest BCUT2D eigenvalue weighted by Gasteiger charge is -1.86. The molecule has 0 bridgehead atoms. The Balaban J connectivity index is 2.30. The number of hydrogen-bond acceptors (Lipinski definition) is 4. The summed E-state index contributed by atoms with van der Waals surface area (Å²) in [6.07, 6.45) is 0. The molecule has 3 aromatic heterocycles. The quantitative estimate of drug-likeness (QED) is 0.634. The Bertz CT molecular complexity index is 812. The molecular formula is C9H5BrN4O2S. The van der Waals surface area contributed by atoms with Crippen LogP contribution in [0.4, 0.5) is 0 Å². The van der Waals surface area contributed by atoms with Crippen LogP contribution in [-0.2, 0) is 0 Å². The zero-order valence-corrected chi connectivity index (χ0v) is 10.6. The molecule has 0 aliphatic heterocycles. The van der Waals surface area contributed by atoms with Gasteiger partial charge in [0.2, 0.25) is 0 Å². The van der Waals surface area contributed by atoms with Crippen LogP contribution in [0, 0.1) is 0 Å². The summed E-state index contributed by atoms with van der Waals surface area (Å²) >= 11 is 4.84. The molecule has 17 heavy (non-hydrogen) atoms. The number of nitrogens with one attached hydrogen (secondary N) is 3. The van der Waals surface area contributed by atoms with Gasteiger partial charge in [0.1, 0.15) is 5.52 Å². The summed E-state index contributed by atoms with van der Waals surface area (Å²) in [5.41, 5.74) is -0.506. The van der Waals surface area contributed by atoms with Crippen molar-refractivity contribution in [3.63, 3.8) is 0 Å². The SMILES string of the molecule is O=c1[nH]c(=O)c2[nH]c(-c3ccc(Br)s3)nc2[nH]1. The summed E-state index contributed by atoms with van der Waals surface area (Å²) in [5, 5.41) is 0. The first kappa shape index (κ1) is 10.5. The van der Waals surface area contributed by atoms with Gasteiger partial charge in [-0.15, -0.1) is 11.3 Å². The topological polar surface area (TPSA) is 94.4 Å². The van der Waals surface area contributed by atoms with Gasteiger partial charge >= 0.3 is 5.69 Å². The minimum Gasteiger partial charge on any atom is -0.331 e. The number of hydrogen-bond donors (Lipinski definition) is 3. The zero-order chi connectivity index (χ0) is 12.0. The van der Waals surface area contributed by atoms with E-state index in [1.807, 2.05) is 12.1 Å². The Labute approximate surface area is 106 Å². The normalized spacial score (nSPS) is 11.1. The highest BCUT2D eigenvalue weighted by atomic mass is 79.9. The summed E-state index contributed by atoms with van der Waals surface area (Å²) in [6, 6.07) is 3.76. The average molecular weight is 313 g/mol. The van der Waals surface area contributed by atoms with E-state index in [9.17, 15) is 9.59 Å². The first-order chi connectivity index (χ1) is 8.13. The maximum atomic E-state index is 11.5. The second-order valence-electron chi connectivity index (χ2n) is 3.32. The van der Waals surface area contributed by atoms with Crippen LogP contribution in [0.5, 0.6) is 0 Å². The fraction of sp³-hybridized carbons (Fsp3) is 0. The Morgan fingerprint density at radius 2 is 2.00 bits per heavy atom. The van der Waals surface area contributed by atoms with E-state index in [-0.39, 0.29) is 11.2 Å². The van der Waals surface area contributed by atoms with Gasteiger partial charge in [-0.3, -0.25) is 14.8 Å². The Morgan fingerprint density at radius 1 is 1.18 bits per heavy atom. The predicted molar refractivity (Wildman–Crippen MR) is 68.3 cm³/mol. The standard InChI is InChI=1S/C9H5BrN4O2S/c10-4-2-1-3(17-4)6-11-5-7(12-6)13-9(16)14-8(5)15/h1-2H,(H3,11,12,13,14,15,16). The van der Waals surface area contributed by atoms with Gasteiger partial charge in [-0.1, -0.05) is 0 Å². The molecule has 0 atom stereocenters. The van der Waals surface area contributed by atoms with Crippen molar-refractivity contribution in [2.24, 2.45) is 0 Å². The molecule has 0 unspecified atom stereocenters. The van der Waals surface area contributed by atoms with Gasteiger partial charge in [-0.2, -0.15) is 0 Å². The number of aromatic amines is 3. The lowest BCUT2D eigenvalue weighted by atomic mass is 10.4. The van der Waals surface area contributed by atoms with Crippen molar-refractivity contribution in [2.45, 2.75) is 0 Å². The third-order valence-corrected chi connectivity index (χ3v) is 3.83. The fourth-order valence-electron chi connectivity index (χ4n) is 1.49. The van der Waals surface area contributed by atoms with Crippen LogP contribution in [0.25, 0.3) is 21.9 Å². The summed E-state index contributed by atoms with van der Waals surface area (Å²) in [5.74, 6) is 0.558. The van der Waals surface area contributed by atoms with Crippen molar-refractivity contribution in [1.29, 1.82) is 0 Å². The second-order valence-corrected chi connectivity index (χ2v) is 5.78. The summed E-state index contributed by atoms with van der Waals surface area (Å²) in [4.78, 5) is 35.1. The molecule has 6 nitrogen and oxygen atoms in total. The molecule has 3 rings (SSSR count). The zero-order valence-electron chi connectivity index (χ0n) is 8.20. The van der Waals surface area contributed by atoms with Crippen molar-refractivity contribution < 1.29 is 0 Å². The Kier molecular flexibility index (Phi) is 2.26. The van der Waals surface area contributed by atoms with Gasteiger partial charge in [-0.05, 0) is 28.1 Å². The summed E-state index contributed by atoms with van der Waals surface area (Å²) in [7, 11) is 0. The predicted octanol–water partition coefficient (Wildman–Crippen LogP) is 1.43. The molecule has 3 aromatic rings. The van der Waals surface area contributed by atoms with Gasteiger partial charge in [0.05, 0.1) is 8.66 Å². The highest BCUT2D eigenvalue weighted by Gasteiger charge is 2.10. The van der Waals surface area contributed by atoms with Gasteiger partial charge in [0, 0.05) is 0 Å². The van der Waals surface area contributed by atoms with E-state index in [0.29, 0.717) is 5.82 Å². The number of rotatable bonds is 1. The fourth-order valence-corrected chi connectivity index (χ4v) is 2.82. The smallest absolute Gasteiger partial charge is 0.327 e. The third-order valence-electron chi connectivity index (χ3n) is 2.20. The van der Waals surface area contributed by atoms with Gasteiger partial charge < -0.3 is 4.98 Å². The van der Waals surface area contributed by atoms with Crippen LogP contribution >= 0.6 is 27.3 Å². The average Bonchev–Trinajstić information content (AvgIpc) is 2.83. The first-order valence-corrected chi connectivity index (χ1v) is 6.22. The van der Waals surface area contributed by atoms with Crippen LogP contribution < -0.4 is 11.2 Å². The van der Waals surface area contributed by atoms with Crippen molar-refractivity contribution in [3.8, 4) is 10.7 Å². The summed E-state index contributed by atoms with van der Waals surface area (Å²) < 4.78 is 0.968. The molecule has 0 fully saturated rings. The third kappa shape index (κ3) is 1.75. The highest BCUT2D eigenvalue weighted by molar-refractivity contribution is 9.11. The minimum absolute atomic E-state index is 0.262. The first-order valence-electron chi connectivity index (χ1n) is 4.61. The van der Waals surface area contributed by atoms with E-state index in [4.69, 9.17) is 0 Å². The van der Waals surface area contributed by atoms with E-state index in [0.717, 1.165) is 8.66 Å². The lowest BCUT2D eigenvalue weighted by molar-refractivity contribution is 1.07. The van der Waals surface area contributed by atoms with E-state index in [1.54, 1.807) is 0 Å². The largest absolute Gasteiger partial charge is 0.331 e. The number of fused-ring (bicyclic) bond motifs is 1. The lowest BCUT2D eigenvalue weighted by Crippen LogP contribution is -2.21. The number of nitrogens with zero attached hydrogens (tertiary/aromatic N) is 1. The van der Waals surface area contributed by atoms with Gasteiger partial charge in [0.15, 0.2) is 11.5 Å². The second kappa shape index (κ2) is 3.67. The van der Waals surface area contributed by atoms with E-state index < -0.39 is 11.2 Å². The maximum Gasteiger partial charge on any atom is 0.327 e. The molecule has 8 heteroatoms. The van der Waals surface area contributed by atoms with Crippen molar-refractivity contribution >= 4 is 38.4 Å². The highest BCUT2D eigenvalue weighted by Crippen LogP contribution is 2.29. The number of imidazole rings is 1. The Morgan fingerprint density at radius 3 is 2.71 bits per heavy atom. The van der Waals surface area contributed by atoms with E-state index in [1.165, 1.54) is 11.3 Å². The van der Waals surface area contributed by atoms with Crippen LogP contribution in [-0.4, -0.2) is 19.9 Å². The molecular weight excluding hydrogens is 308 g/mol. The number of aromatic nitrogens is 4. The molecule has 0 amide bonds. The minimum atomic E-state index is -0.562. The molecule has 3 N–H and O–H groups in total. The number of thiophene rings is 1. The van der Waals surface area contributed by atoms with Crippen molar-refractivity contribution in [3.05, 3.63) is 36.8 Å². The van der Waals surface area contributed by atoms with Gasteiger partial charge in [0.25, 0.3) is 5.56 Å². The Hall–Kier alpha value is -1.67. The number of H-pyrrole nitrogens is 3. The maximum absolute atomic E-state index is 11.5. The van der Waals surface area contributed by atoms with Crippen LogP contribution in [0.15, 0.2) is 25.5 Å². The molecule has 0 saturated carbocycles. The van der Waals surface area contributed by atoms with E-state index >= 15 is 0 Å². The van der Waals surface area contributed by atoms with Crippen LogP contribution in [0.2, 0.25) is 0 Å².